The van der Waals surface area contributed by atoms with Crippen LogP contribution in [0.4, 0.5) is 4.39 Å². The Kier molecular flexibility index (Phi) is 7.13. The van der Waals surface area contributed by atoms with Crippen molar-refractivity contribution in [2.75, 3.05) is 27.4 Å². The number of carbonyl (C=O) groups is 2. The van der Waals surface area contributed by atoms with Crippen molar-refractivity contribution in [3.05, 3.63) is 70.3 Å². The lowest BCUT2D eigenvalue weighted by Gasteiger charge is -2.19. The fourth-order valence-corrected chi connectivity index (χ4v) is 4.96. The molecule has 3 aromatic rings. The number of hydrogen-bond donors (Lipinski definition) is 1. The second kappa shape index (κ2) is 9.90. The Bertz CT molecular complexity index is 1470. The third-order valence-electron chi connectivity index (χ3n) is 6.80. The van der Waals surface area contributed by atoms with Crippen molar-refractivity contribution in [1.29, 1.82) is 5.41 Å². The topological polar surface area (TPSA) is 93.9 Å². The average molecular weight is 586 g/mol. The van der Waals surface area contributed by atoms with Crippen LogP contribution < -0.4 is 14.2 Å². The van der Waals surface area contributed by atoms with Crippen LogP contribution in [0.5, 0.6) is 17.2 Å². The maximum atomic E-state index is 15.1. The number of ketones is 2. The number of halogens is 2. The molecule has 0 fully saturated rings. The molecule has 38 heavy (non-hydrogen) atoms. The lowest BCUT2D eigenvalue weighted by Crippen LogP contribution is -2.30. The third-order valence-corrected chi connectivity index (χ3v) is 6.80. The first-order chi connectivity index (χ1) is 17.5. The van der Waals surface area contributed by atoms with Gasteiger partial charge >= 0.3 is 0 Å². The van der Waals surface area contributed by atoms with Crippen LogP contribution in [0, 0.1) is 11.2 Å². The van der Waals surface area contributed by atoms with Gasteiger partial charge in [-0.2, -0.15) is 0 Å². The summed E-state index contributed by atoms with van der Waals surface area (Å²) in [4.78, 5) is 27.8. The molecule has 10 heteroatoms. The number of rotatable bonds is 5. The lowest BCUT2D eigenvalue weighted by molar-refractivity contribution is 0.0917. The van der Waals surface area contributed by atoms with Crippen molar-refractivity contribution in [2.24, 2.45) is 0 Å². The van der Waals surface area contributed by atoms with Gasteiger partial charge in [0.05, 0.1) is 37.7 Å². The molecule has 3 heterocycles. The van der Waals surface area contributed by atoms with Crippen molar-refractivity contribution in [2.45, 2.75) is 32.7 Å². The minimum atomic E-state index is -0.682. The van der Waals surface area contributed by atoms with Crippen LogP contribution in [0.3, 0.4) is 0 Å². The summed E-state index contributed by atoms with van der Waals surface area (Å²) in [5, 5.41) is 8.52. The quantitative estimate of drug-likeness (QED) is 0.418. The van der Waals surface area contributed by atoms with E-state index in [1.54, 1.807) is 28.8 Å². The minimum absolute atomic E-state index is 0. The van der Waals surface area contributed by atoms with Gasteiger partial charge in [-0.05, 0) is 46.9 Å². The van der Waals surface area contributed by atoms with E-state index in [1.165, 1.54) is 19.1 Å². The standard InChI is InChI=1S/C28H28FN3O5.BrH/c1-28(2,3)17-8-9-32-18-10-15(6-7-21(18)37-14-20(34)25(17)32)19(33)13-31-12-16-11-22(35-4)26(36-5)24(29)23(16)27(31)30;/h6-11,30H,12-14H2,1-5H3;1H. The molecule has 1 aromatic heterocycles. The maximum Gasteiger partial charge on any atom is 0.217 e. The van der Waals surface area contributed by atoms with Crippen LogP contribution in [0.2, 0.25) is 0 Å². The maximum absolute atomic E-state index is 15.1. The molecular weight excluding hydrogens is 557 g/mol. The number of nitrogens with zero attached hydrogens (tertiary/aromatic N) is 2. The highest BCUT2D eigenvalue weighted by atomic mass is 79.9. The molecule has 2 aliphatic rings. The van der Waals surface area contributed by atoms with Gasteiger partial charge in [0.2, 0.25) is 5.78 Å². The zero-order chi connectivity index (χ0) is 26.6. The van der Waals surface area contributed by atoms with Crippen molar-refractivity contribution < 1.29 is 28.2 Å². The number of amidine groups is 1. The number of Topliss-reactive ketones (excluding diaryl/α,β-unsaturated/α-hetero) is 2. The summed E-state index contributed by atoms with van der Waals surface area (Å²) in [5.74, 6) is -0.488. The average Bonchev–Trinajstić information content (AvgIpc) is 3.40. The molecule has 0 radical (unpaired) electrons. The fraction of sp³-hybridized carbons (Fsp3) is 0.321. The summed E-state index contributed by atoms with van der Waals surface area (Å²) in [5.41, 5.74) is 2.85. The van der Waals surface area contributed by atoms with Crippen LogP contribution in [-0.4, -0.2) is 54.2 Å². The number of methoxy groups -OCH3 is 2. The molecule has 0 aliphatic carbocycles. The molecule has 2 aliphatic heterocycles. The highest BCUT2D eigenvalue weighted by molar-refractivity contribution is 8.93. The molecule has 0 unspecified atom stereocenters. The molecule has 0 atom stereocenters. The smallest absolute Gasteiger partial charge is 0.217 e. The van der Waals surface area contributed by atoms with E-state index in [9.17, 15) is 9.59 Å². The number of aromatic nitrogens is 1. The van der Waals surface area contributed by atoms with Gasteiger partial charge in [-0.1, -0.05) is 20.8 Å². The van der Waals surface area contributed by atoms with E-state index in [0.717, 1.165) is 5.56 Å². The largest absolute Gasteiger partial charge is 0.493 e. The molecule has 5 rings (SSSR count). The summed E-state index contributed by atoms with van der Waals surface area (Å²) >= 11 is 0. The first kappa shape index (κ1) is 27.4. The predicted molar refractivity (Wildman–Crippen MR) is 146 cm³/mol. The monoisotopic (exact) mass is 585 g/mol. The van der Waals surface area contributed by atoms with Crippen molar-refractivity contribution in [3.63, 3.8) is 0 Å². The van der Waals surface area contributed by atoms with Gasteiger partial charge in [0, 0.05) is 18.3 Å². The molecule has 8 nitrogen and oxygen atoms in total. The number of nitrogens with one attached hydrogen (secondary N) is 1. The first-order valence-electron chi connectivity index (χ1n) is 11.9. The lowest BCUT2D eigenvalue weighted by atomic mass is 9.86. The van der Waals surface area contributed by atoms with Crippen LogP contribution >= 0.6 is 17.0 Å². The Morgan fingerprint density at radius 2 is 1.89 bits per heavy atom. The molecule has 0 saturated carbocycles. The molecule has 0 saturated heterocycles. The van der Waals surface area contributed by atoms with Gasteiger partial charge < -0.3 is 23.7 Å². The van der Waals surface area contributed by atoms with Crippen molar-refractivity contribution in [3.8, 4) is 22.9 Å². The van der Waals surface area contributed by atoms with Gasteiger partial charge in [-0.25, -0.2) is 4.39 Å². The molecular formula is C28H29BrFN3O5. The van der Waals surface area contributed by atoms with Gasteiger partial charge in [-0.15, -0.1) is 17.0 Å². The predicted octanol–water partition coefficient (Wildman–Crippen LogP) is 5.11. The van der Waals surface area contributed by atoms with Crippen LogP contribution in [-0.2, 0) is 12.0 Å². The number of benzene rings is 2. The zero-order valence-corrected chi connectivity index (χ0v) is 23.5. The zero-order valence-electron chi connectivity index (χ0n) is 21.8. The van der Waals surface area contributed by atoms with Crippen LogP contribution in [0.1, 0.15) is 58.3 Å². The SMILES string of the molecule is Br.COc1cc2c(c(F)c1OC)C(=N)N(CC(=O)c1ccc3c(c1)-n1ccc(C(C)(C)C)c1C(=O)CO3)C2. The van der Waals surface area contributed by atoms with Crippen LogP contribution in [0.15, 0.2) is 36.5 Å². The molecule has 200 valence electrons. The fourth-order valence-electron chi connectivity index (χ4n) is 4.96. The summed E-state index contributed by atoms with van der Waals surface area (Å²) in [6, 6.07) is 8.58. The summed E-state index contributed by atoms with van der Waals surface area (Å²) < 4.78 is 33.0. The van der Waals surface area contributed by atoms with Gasteiger partial charge in [0.15, 0.2) is 29.7 Å². The molecule has 0 amide bonds. The molecule has 2 aromatic carbocycles. The Hall–Kier alpha value is -3.66. The molecule has 0 spiro atoms. The van der Waals surface area contributed by atoms with E-state index in [-0.39, 0.29) is 76.6 Å². The highest BCUT2D eigenvalue weighted by Gasteiger charge is 2.34. The van der Waals surface area contributed by atoms with Crippen molar-refractivity contribution >= 4 is 34.4 Å². The summed E-state index contributed by atoms with van der Waals surface area (Å²) in [7, 11) is 2.75. The highest BCUT2D eigenvalue weighted by Crippen LogP contribution is 2.39. The van der Waals surface area contributed by atoms with Gasteiger partial charge in [-0.3, -0.25) is 15.0 Å². The first-order valence-corrected chi connectivity index (χ1v) is 11.9. The normalized spacial score (nSPS) is 14.1. The number of carbonyl (C=O) groups excluding carboxylic acids is 2. The third kappa shape index (κ3) is 4.36. The minimum Gasteiger partial charge on any atom is -0.493 e. The number of ether oxygens (including phenoxy) is 3. The number of hydrogen-bond acceptors (Lipinski definition) is 6. The Morgan fingerprint density at radius 3 is 2.55 bits per heavy atom. The summed E-state index contributed by atoms with van der Waals surface area (Å²) in [6.45, 7) is 6.10. The Morgan fingerprint density at radius 1 is 1.16 bits per heavy atom. The van der Waals surface area contributed by atoms with Gasteiger partial charge in [0.25, 0.3) is 0 Å². The van der Waals surface area contributed by atoms with E-state index in [2.05, 4.69) is 0 Å². The van der Waals surface area contributed by atoms with Crippen LogP contribution in [0.25, 0.3) is 5.69 Å². The summed E-state index contributed by atoms with van der Waals surface area (Å²) in [6.07, 6.45) is 1.83. The molecule has 0 bridgehead atoms. The van der Waals surface area contributed by atoms with E-state index in [4.69, 9.17) is 19.6 Å². The number of fused-ring (bicyclic) bond motifs is 4. The Labute approximate surface area is 230 Å². The van der Waals surface area contributed by atoms with E-state index < -0.39 is 5.82 Å². The van der Waals surface area contributed by atoms with Crippen molar-refractivity contribution in [1.82, 2.24) is 9.47 Å². The second-order valence-electron chi connectivity index (χ2n) is 10.2. The Balaban J connectivity index is 0.00000336. The van der Waals surface area contributed by atoms with E-state index in [1.807, 2.05) is 33.0 Å². The van der Waals surface area contributed by atoms with Gasteiger partial charge in [0.1, 0.15) is 11.6 Å². The van der Waals surface area contributed by atoms with E-state index in [0.29, 0.717) is 28.3 Å². The van der Waals surface area contributed by atoms with E-state index >= 15 is 4.39 Å². The molecule has 1 N–H and O–H groups in total. The second-order valence-corrected chi connectivity index (χ2v) is 10.2.